The second-order valence-electron chi connectivity index (χ2n) is 10.2. The van der Waals surface area contributed by atoms with Gasteiger partial charge in [-0.3, -0.25) is 9.69 Å². The Balaban J connectivity index is 1.87. The molecule has 6 heteroatoms. The summed E-state index contributed by atoms with van der Waals surface area (Å²) in [5.41, 5.74) is 8.69. The molecule has 0 saturated carbocycles. The first-order valence-electron chi connectivity index (χ1n) is 12.3. The zero-order valence-electron chi connectivity index (χ0n) is 20.7. The molecular weight excluding hydrogens is 404 g/mol. The Morgan fingerprint density at radius 1 is 1.22 bits per heavy atom. The van der Waals surface area contributed by atoms with Gasteiger partial charge in [0.1, 0.15) is 12.1 Å². The van der Waals surface area contributed by atoms with Crippen LogP contribution in [0.1, 0.15) is 71.0 Å². The standard InChI is InChI=1S/C26H42N2O4/c1-7-10-31-24-12-18-8-9-28-15-19(11-16(2)3)22(32-26(29)25(27)17(4)5)14-21(28)20(18)13-23(24)30-6/h12-13,16-17,19,21-22,25H,7-11,14-15,27H2,1-6H3/t19?,21?,22?,25-/m0/s1. The fourth-order valence-corrected chi connectivity index (χ4v) is 5.05. The van der Waals surface area contributed by atoms with E-state index in [2.05, 4.69) is 37.8 Å². The molecule has 1 aromatic carbocycles. The summed E-state index contributed by atoms with van der Waals surface area (Å²) in [6.45, 7) is 13.1. The number of nitrogens with zero attached hydrogens (tertiary/aromatic N) is 1. The molecule has 3 unspecified atom stereocenters. The van der Waals surface area contributed by atoms with E-state index in [1.807, 2.05) is 13.8 Å². The van der Waals surface area contributed by atoms with Gasteiger partial charge in [0, 0.05) is 31.5 Å². The van der Waals surface area contributed by atoms with Crippen LogP contribution >= 0.6 is 0 Å². The zero-order valence-corrected chi connectivity index (χ0v) is 20.7. The normalized spacial score (nSPS) is 24.1. The van der Waals surface area contributed by atoms with Gasteiger partial charge >= 0.3 is 5.97 Å². The number of methoxy groups -OCH3 is 1. The third kappa shape index (κ3) is 5.57. The van der Waals surface area contributed by atoms with E-state index < -0.39 is 6.04 Å². The van der Waals surface area contributed by atoms with E-state index >= 15 is 0 Å². The number of piperidine rings is 1. The highest BCUT2D eigenvalue weighted by Crippen LogP contribution is 2.44. The minimum Gasteiger partial charge on any atom is -0.493 e. The Bertz CT molecular complexity index is 779. The number of carbonyl (C=O) groups is 1. The van der Waals surface area contributed by atoms with E-state index in [0.717, 1.165) is 50.3 Å². The molecule has 0 spiro atoms. The molecular formula is C26H42N2O4. The zero-order chi connectivity index (χ0) is 23.4. The predicted molar refractivity (Wildman–Crippen MR) is 127 cm³/mol. The fraction of sp³-hybridized carbons (Fsp3) is 0.731. The predicted octanol–water partition coefficient (Wildman–Crippen LogP) is 4.34. The summed E-state index contributed by atoms with van der Waals surface area (Å²) in [4.78, 5) is 15.3. The maximum Gasteiger partial charge on any atom is 0.323 e. The highest BCUT2D eigenvalue weighted by atomic mass is 16.5. The highest BCUT2D eigenvalue weighted by molar-refractivity contribution is 5.76. The third-order valence-electron chi connectivity index (χ3n) is 6.84. The van der Waals surface area contributed by atoms with Crippen LogP contribution in [-0.2, 0) is 16.0 Å². The quantitative estimate of drug-likeness (QED) is 0.569. The summed E-state index contributed by atoms with van der Waals surface area (Å²) in [6, 6.07) is 3.92. The number of rotatable bonds is 9. The molecule has 3 rings (SSSR count). The molecule has 4 atom stereocenters. The summed E-state index contributed by atoms with van der Waals surface area (Å²) in [6.07, 6.45) is 3.66. The molecule has 1 saturated heterocycles. The summed E-state index contributed by atoms with van der Waals surface area (Å²) >= 11 is 0. The van der Waals surface area contributed by atoms with Crippen LogP contribution in [-0.4, -0.2) is 49.8 Å². The molecule has 0 aromatic heterocycles. The first kappa shape index (κ1) is 24.8. The SMILES string of the molecule is CCCOc1cc2c(cc1OC)C1CC(OC(=O)[C@@H](N)C(C)C)C(CC(C)C)CN1CC2. The lowest BCUT2D eigenvalue weighted by atomic mass is 9.79. The minimum atomic E-state index is -0.579. The number of hydrogen-bond donors (Lipinski definition) is 1. The molecule has 1 fully saturated rings. The lowest BCUT2D eigenvalue weighted by Crippen LogP contribution is -2.51. The molecule has 0 aliphatic carbocycles. The number of hydrogen-bond acceptors (Lipinski definition) is 6. The number of nitrogens with two attached hydrogens (primary N) is 1. The first-order chi connectivity index (χ1) is 15.2. The van der Waals surface area contributed by atoms with E-state index in [1.54, 1.807) is 7.11 Å². The molecule has 32 heavy (non-hydrogen) atoms. The third-order valence-corrected chi connectivity index (χ3v) is 6.84. The number of fused-ring (bicyclic) bond motifs is 3. The second kappa shape index (κ2) is 10.9. The van der Waals surface area contributed by atoms with Gasteiger partial charge in [0.05, 0.1) is 13.7 Å². The number of esters is 1. The van der Waals surface area contributed by atoms with Crippen LogP contribution < -0.4 is 15.2 Å². The van der Waals surface area contributed by atoms with Gasteiger partial charge < -0.3 is 19.9 Å². The van der Waals surface area contributed by atoms with E-state index in [4.69, 9.17) is 19.9 Å². The topological polar surface area (TPSA) is 74.0 Å². The van der Waals surface area contributed by atoms with Gasteiger partial charge in [-0.05, 0) is 54.4 Å². The lowest BCUT2D eigenvalue weighted by molar-refractivity contribution is -0.160. The number of benzene rings is 1. The molecule has 180 valence electrons. The van der Waals surface area contributed by atoms with Gasteiger partial charge in [0.15, 0.2) is 11.5 Å². The van der Waals surface area contributed by atoms with Gasteiger partial charge in [-0.2, -0.15) is 0 Å². The van der Waals surface area contributed by atoms with E-state index in [0.29, 0.717) is 18.4 Å². The molecule has 1 aromatic rings. The molecule has 2 heterocycles. The number of carbonyl (C=O) groups excluding carboxylic acids is 1. The molecule has 0 amide bonds. The van der Waals surface area contributed by atoms with Crippen LogP contribution in [0.3, 0.4) is 0 Å². The Morgan fingerprint density at radius 3 is 2.59 bits per heavy atom. The van der Waals surface area contributed by atoms with E-state index in [-0.39, 0.29) is 24.0 Å². The van der Waals surface area contributed by atoms with Crippen molar-refractivity contribution in [1.29, 1.82) is 0 Å². The van der Waals surface area contributed by atoms with Crippen LogP contribution in [0.25, 0.3) is 0 Å². The van der Waals surface area contributed by atoms with Crippen molar-refractivity contribution in [1.82, 2.24) is 4.90 Å². The Hall–Kier alpha value is -1.79. The summed E-state index contributed by atoms with van der Waals surface area (Å²) in [7, 11) is 1.69. The van der Waals surface area contributed by atoms with E-state index in [1.165, 1.54) is 11.1 Å². The number of ether oxygens (including phenoxy) is 3. The van der Waals surface area contributed by atoms with Crippen molar-refractivity contribution in [3.8, 4) is 11.5 Å². The Kier molecular flexibility index (Phi) is 8.45. The van der Waals surface area contributed by atoms with Crippen LogP contribution in [0.2, 0.25) is 0 Å². The van der Waals surface area contributed by atoms with Crippen molar-refractivity contribution < 1.29 is 19.0 Å². The molecule has 0 bridgehead atoms. The van der Waals surface area contributed by atoms with Gasteiger partial charge in [0.2, 0.25) is 0 Å². The molecule has 0 radical (unpaired) electrons. The average Bonchev–Trinajstić information content (AvgIpc) is 2.76. The van der Waals surface area contributed by atoms with Gasteiger partial charge in [-0.25, -0.2) is 0 Å². The summed E-state index contributed by atoms with van der Waals surface area (Å²) < 4.78 is 17.7. The minimum absolute atomic E-state index is 0.0624. The first-order valence-corrected chi connectivity index (χ1v) is 12.3. The average molecular weight is 447 g/mol. The summed E-state index contributed by atoms with van der Waals surface area (Å²) in [5, 5.41) is 0. The van der Waals surface area contributed by atoms with Crippen molar-refractivity contribution in [2.24, 2.45) is 23.5 Å². The van der Waals surface area contributed by atoms with Gasteiger partial charge in [-0.15, -0.1) is 0 Å². The monoisotopic (exact) mass is 446 g/mol. The maximum atomic E-state index is 12.7. The molecule has 2 N–H and O–H groups in total. The Labute approximate surface area is 193 Å². The largest absolute Gasteiger partial charge is 0.493 e. The van der Waals surface area contributed by atoms with E-state index in [9.17, 15) is 4.79 Å². The van der Waals surface area contributed by atoms with Crippen LogP contribution in [0.5, 0.6) is 11.5 Å². The Morgan fingerprint density at radius 2 is 1.97 bits per heavy atom. The van der Waals surface area contributed by atoms with Crippen LogP contribution in [0.15, 0.2) is 12.1 Å². The smallest absolute Gasteiger partial charge is 0.323 e. The van der Waals surface area contributed by atoms with Crippen LogP contribution in [0.4, 0.5) is 0 Å². The second-order valence-corrected chi connectivity index (χ2v) is 10.2. The van der Waals surface area contributed by atoms with Gasteiger partial charge in [0.25, 0.3) is 0 Å². The van der Waals surface area contributed by atoms with Crippen molar-refractivity contribution in [2.75, 3.05) is 26.8 Å². The van der Waals surface area contributed by atoms with Crippen LogP contribution in [0, 0.1) is 17.8 Å². The highest BCUT2D eigenvalue weighted by Gasteiger charge is 2.41. The maximum absolute atomic E-state index is 12.7. The fourth-order valence-electron chi connectivity index (χ4n) is 5.05. The summed E-state index contributed by atoms with van der Waals surface area (Å²) in [5.74, 6) is 2.26. The lowest BCUT2D eigenvalue weighted by Gasteiger charge is -2.47. The van der Waals surface area contributed by atoms with Crippen molar-refractivity contribution in [2.45, 2.75) is 78.5 Å². The molecule has 2 aliphatic heterocycles. The molecule has 2 aliphatic rings. The van der Waals surface area contributed by atoms with Crippen molar-refractivity contribution in [3.05, 3.63) is 23.3 Å². The van der Waals surface area contributed by atoms with Gasteiger partial charge in [-0.1, -0.05) is 34.6 Å². The van der Waals surface area contributed by atoms with Crippen molar-refractivity contribution in [3.63, 3.8) is 0 Å². The van der Waals surface area contributed by atoms with Crippen molar-refractivity contribution >= 4 is 5.97 Å². The molecule has 6 nitrogen and oxygen atoms in total.